The molecule has 0 saturated carbocycles. The van der Waals surface area contributed by atoms with Crippen molar-refractivity contribution in [3.63, 3.8) is 0 Å². The molecule has 2 heteroatoms. The highest BCUT2D eigenvalue weighted by Gasteiger charge is 2.04. The van der Waals surface area contributed by atoms with Gasteiger partial charge >= 0.3 is 5.97 Å². The molecule has 0 spiro atoms. The molecule has 0 aliphatic carbocycles. The Kier molecular flexibility index (Phi) is 14.1. The summed E-state index contributed by atoms with van der Waals surface area (Å²) in [6.45, 7) is 9.75. The van der Waals surface area contributed by atoms with Crippen molar-refractivity contribution >= 4 is 5.97 Å². The van der Waals surface area contributed by atoms with Crippen molar-refractivity contribution in [1.29, 1.82) is 0 Å². The number of esters is 1. The summed E-state index contributed by atoms with van der Waals surface area (Å²) in [5.74, 6) is -0.277. The predicted octanol–water partition coefficient (Wildman–Crippen LogP) is 3.88. The first kappa shape index (κ1) is 16.4. The van der Waals surface area contributed by atoms with Crippen molar-refractivity contribution in [2.45, 2.75) is 46.5 Å². The van der Waals surface area contributed by atoms with Crippen LogP contribution in [0.5, 0.6) is 0 Å². The third kappa shape index (κ3) is 12.9. The molecule has 0 aliphatic heterocycles. The highest BCUT2D eigenvalue weighted by Crippen LogP contribution is 2.07. The van der Waals surface area contributed by atoms with E-state index in [4.69, 9.17) is 0 Å². The van der Waals surface area contributed by atoms with Gasteiger partial charge in [-0.05, 0) is 26.7 Å². The van der Waals surface area contributed by atoms with Crippen molar-refractivity contribution in [2.24, 2.45) is 0 Å². The number of hydrogen-bond acceptors (Lipinski definition) is 2. The minimum Gasteiger partial charge on any atom is -0.466 e. The van der Waals surface area contributed by atoms with Gasteiger partial charge in [-0.3, -0.25) is 0 Å². The summed E-state index contributed by atoms with van der Waals surface area (Å²) in [4.78, 5) is 10.8. The largest absolute Gasteiger partial charge is 0.466 e. The van der Waals surface area contributed by atoms with Crippen LogP contribution in [0.2, 0.25) is 0 Å². The Morgan fingerprint density at radius 2 is 1.80 bits per heavy atom. The van der Waals surface area contributed by atoms with Gasteiger partial charge in [0, 0.05) is 5.57 Å². The summed E-state index contributed by atoms with van der Waals surface area (Å²) in [6, 6.07) is 0. The minimum absolute atomic E-state index is 0.277. The fraction of sp³-hybridized carbons (Fsp3) is 0.615. The number of carbonyl (C=O) groups excluding carboxylic acids is 1. The van der Waals surface area contributed by atoms with Crippen LogP contribution in [0.15, 0.2) is 24.3 Å². The van der Waals surface area contributed by atoms with Gasteiger partial charge in [0.15, 0.2) is 0 Å². The Hall–Kier alpha value is -1.05. The molecule has 0 aliphatic rings. The molecular formula is C13H24O2. The van der Waals surface area contributed by atoms with E-state index in [2.05, 4.69) is 18.2 Å². The number of unbranched alkanes of at least 4 members (excludes halogenated alkanes) is 2. The predicted molar refractivity (Wildman–Crippen MR) is 65.8 cm³/mol. The lowest BCUT2D eigenvalue weighted by Gasteiger charge is -2.01. The van der Waals surface area contributed by atoms with Gasteiger partial charge in [-0.25, -0.2) is 4.79 Å². The molecule has 0 N–H and O–H groups in total. The summed E-state index contributed by atoms with van der Waals surface area (Å²) in [5, 5.41) is 0. The number of allylic oxidation sites excluding steroid dienone is 2. The van der Waals surface area contributed by atoms with E-state index in [1.807, 2.05) is 26.0 Å². The molecule has 0 amide bonds. The standard InChI is InChI=1S/C9H16O2.C4H8/c1-4-5-6-7-8(2)9(10)11-3;1-3-4-2/h2,4-7H2,1,3H3;3-4H,1-2H3. The quantitative estimate of drug-likeness (QED) is 0.299. The molecule has 0 saturated heterocycles. The van der Waals surface area contributed by atoms with Crippen LogP contribution in [0, 0.1) is 0 Å². The fourth-order valence-corrected chi connectivity index (χ4v) is 0.835. The highest BCUT2D eigenvalue weighted by atomic mass is 16.5. The van der Waals surface area contributed by atoms with E-state index in [1.165, 1.54) is 7.11 Å². The molecule has 0 rings (SSSR count). The molecule has 15 heavy (non-hydrogen) atoms. The molecule has 0 aromatic heterocycles. The number of carbonyl (C=O) groups is 1. The zero-order valence-corrected chi connectivity index (χ0v) is 10.5. The first-order valence-corrected chi connectivity index (χ1v) is 5.47. The Balaban J connectivity index is 0. The summed E-state index contributed by atoms with van der Waals surface area (Å²) in [5.41, 5.74) is 0.584. The Labute approximate surface area is 94.0 Å². The van der Waals surface area contributed by atoms with E-state index in [1.54, 1.807) is 0 Å². The SMILES string of the molecule is C=C(CCCCC)C(=O)OC.CC=CC. The first-order valence-electron chi connectivity index (χ1n) is 5.47. The molecule has 0 heterocycles. The van der Waals surface area contributed by atoms with Crippen LogP contribution in [0.4, 0.5) is 0 Å². The number of ether oxygens (including phenoxy) is 1. The minimum atomic E-state index is -0.277. The Morgan fingerprint density at radius 1 is 1.27 bits per heavy atom. The van der Waals surface area contributed by atoms with Gasteiger partial charge in [-0.2, -0.15) is 0 Å². The smallest absolute Gasteiger partial charge is 0.333 e. The second-order valence-corrected chi connectivity index (χ2v) is 3.22. The number of rotatable bonds is 5. The van der Waals surface area contributed by atoms with E-state index in [-0.39, 0.29) is 5.97 Å². The molecule has 0 atom stereocenters. The van der Waals surface area contributed by atoms with Gasteiger partial charge in [0.2, 0.25) is 0 Å². The van der Waals surface area contributed by atoms with Crippen molar-refractivity contribution in [3.8, 4) is 0 Å². The van der Waals surface area contributed by atoms with Crippen molar-refractivity contribution < 1.29 is 9.53 Å². The van der Waals surface area contributed by atoms with Crippen LogP contribution in [0.3, 0.4) is 0 Å². The third-order valence-electron chi connectivity index (χ3n) is 1.89. The molecular weight excluding hydrogens is 188 g/mol. The van der Waals surface area contributed by atoms with Gasteiger partial charge in [0.05, 0.1) is 7.11 Å². The lowest BCUT2D eigenvalue weighted by atomic mass is 10.1. The van der Waals surface area contributed by atoms with E-state index in [0.717, 1.165) is 25.7 Å². The monoisotopic (exact) mass is 212 g/mol. The molecule has 0 bridgehead atoms. The number of hydrogen-bond donors (Lipinski definition) is 0. The maximum Gasteiger partial charge on any atom is 0.333 e. The Bertz CT molecular complexity index is 189. The molecule has 88 valence electrons. The molecule has 0 radical (unpaired) electrons. The first-order chi connectivity index (χ1) is 7.13. The summed E-state index contributed by atoms with van der Waals surface area (Å²) in [6.07, 6.45) is 8.11. The van der Waals surface area contributed by atoms with Crippen LogP contribution < -0.4 is 0 Å². The maximum atomic E-state index is 10.8. The average Bonchev–Trinajstić information content (AvgIpc) is 2.28. The highest BCUT2D eigenvalue weighted by molar-refractivity contribution is 5.87. The van der Waals surface area contributed by atoms with Gasteiger partial charge < -0.3 is 4.74 Å². The van der Waals surface area contributed by atoms with Gasteiger partial charge in [-0.15, -0.1) is 0 Å². The summed E-state index contributed by atoms with van der Waals surface area (Å²) < 4.78 is 4.50. The third-order valence-corrected chi connectivity index (χ3v) is 1.89. The lowest BCUT2D eigenvalue weighted by molar-refractivity contribution is -0.136. The van der Waals surface area contributed by atoms with E-state index < -0.39 is 0 Å². The molecule has 2 nitrogen and oxygen atoms in total. The van der Waals surface area contributed by atoms with Crippen molar-refractivity contribution in [1.82, 2.24) is 0 Å². The van der Waals surface area contributed by atoms with Crippen LogP contribution in [0.1, 0.15) is 46.5 Å². The van der Waals surface area contributed by atoms with Gasteiger partial charge in [0.1, 0.15) is 0 Å². The van der Waals surface area contributed by atoms with Gasteiger partial charge in [0.25, 0.3) is 0 Å². The van der Waals surface area contributed by atoms with Crippen molar-refractivity contribution in [2.75, 3.05) is 7.11 Å². The molecule has 0 fully saturated rings. The lowest BCUT2D eigenvalue weighted by Crippen LogP contribution is -2.03. The zero-order chi connectivity index (χ0) is 12.1. The summed E-state index contributed by atoms with van der Waals surface area (Å²) >= 11 is 0. The van der Waals surface area contributed by atoms with E-state index >= 15 is 0 Å². The fourth-order valence-electron chi connectivity index (χ4n) is 0.835. The number of methoxy groups -OCH3 is 1. The van der Waals surface area contributed by atoms with Crippen LogP contribution in [0.25, 0.3) is 0 Å². The van der Waals surface area contributed by atoms with Crippen LogP contribution >= 0.6 is 0 Å². The average molecular weight is 212 g/mol. The van der Waals surface area contributed by atoms with Crippen LogP contribution in [-0.4, -0.2) is 13.1 Å². The molecule has 0 aromatic carbocycles. The maximum absolute atomic E-state index is 10.8. The molecule has 0 unspecified atom stereocenters. The van der Waals surface area contributed by atoms with Gasteiger partial charge in [-0.1, -0.05) is 38.5 Å². The molecule has 0 aromatic rings. The normalized spacial score (nSPS) is 9.33. The summed E-state index contributed by atoms with van der Waals surface area (Å²) in [7, 11) is 1.38. The Morgan fingerprint density at radius 3 is 2.13 bits per heavy atom. The van der Waals surface area contributed by atoms with Crippen LogP contribution in [-0.2, 0) is 9.53 Å². The topological polar surface area (TPSA) is 26.3 Å². The second kappa shape index (κ2) is 12.9. The van der Waals surface area contributed by atoms with Crippen molar-refractivity contribution in [3.05, 3.63) is 24.3 Å². The van der Waals surface area contributed by atoms with E-state index in [9.17, 15) is 4.79 Å². The zero-order valence-electron chi connectivity index (χ0n) is 10.5. The second-order valence-electron chi connectivity index (χ2n) is 3.22. The van der Waals surface area contributed by atoms with E-state index in [0.29, 0.717) is 5.57 Å².